The largest absolute Gasteiger partial charge is 0.478 e. The molecule has 2 N–H and O–H groups in total. The van der Waals surface area contributed by atoms with Gasteiger partial charge < -0.3 is 14.9 Å². The number of hydrogen-bond acceptors (Lipinski definition) is 4. The van der Waals surface area contributed by atoms with Gasteiger partial charge in [-0.1, -0.05) is 123 Å². The quantitative estimate of drug-likeness (QED) is 0.0706. The molecule has 0 radical (unpaired) electrons. The molecule has 0 aromatic carbocycles. The topological polar surface area (TPSA) is 101 Å². The van der Waals surface area contributed by atoms with Crippen LogP contribution in [0.25, 0.3) is 0 Å². The SMILES string of the molecule is C=CC(=O)OC(CCCCCCCCCC(C)CCCCCCCCCC)(C(=O)O)C(=O)O. The molecule has 0 aliphatic heterocycles. The van der Waals surface area contributed by atoms with E-state index in [2.05, 4.69) is 20.4 Å². The van der Waals surface area contributed by atoms with E-state index in [9.17, 15) is 24.6 Å². The molecule has 0 amide bonds. The summed E-state index contributed by atoms with van der Waals surface area (Å²) in [5, 5.41) is 18.6. The van der Waals surface area contributed by atoms with E-state index in [4.69, 9.17) is 4.74 Å². The van der Waals surface area contributed by atoms with Crippen molar-refractivity contribution in [1.82, 2.24) is 0 Å². The molecule has 0 heterocycles. The van der Waals surface area contributed by atoms with Crippen molar-refractivity contribution < 1.29 is 29.3 Å². The molecule has 6 heteroatoms. The lowest BCUT2D eigenvalue weighted by Crippen LogP contribution is -2.50. The Hall–Kier alpha value is -1.85. The summed E-state index contributed by atoms with van der Waals surface area (Å²) in [6, 6.07) is 0. The maximum absolute atomic E-state index is 11.5. The maximum Gasteiger partial charge on any atom is 0.360 e. The van der Waals surface area contributed by atoms with E-state index < -0.39 is 23.5 Å². The van der Waals surface area contributed by atoms with Crippen LogP contribution in [0.5, 0.6) is 0 Å². The van der Waals surface area contributed by atoms with Gasteiger partial charge in [0.05, 0.1) is 0 Å². The molecule has 192 valence electrons. The van der Waals surface area contributed by atoms with E-state index in [0.717, 1.165) is 31.3 Å². The molecule has 0 spiro atoms. The molecule has 0 bridgehead atoms. The highest BCUT2D eigenvalue weighted by molar-refractivity contribution is 6.04. The lowest BCUT2D eigenvalue weighted by Gasteiger charge is -2.24. The number of esters is 1. The first-order valence-electron chi connectivity index (χ1n) is 13.1. The van der Waals surface area contributed by atoms with Crippen LogP contribution in [0.4, 0.5) is 0 Å². The molecule has 1 unspecified atom stereocenters. The molecule has 0 aromatic heterocycles. The molecule has 33 heavy (non-hydrogen) atoms. The summed E-state index contributed by atoms with van der Waals surface area (Å²) < 4.78 is 4.70. The Morgan fingerprint density at radius 1 is 0.758 bits per heavy atom. The average Bonchev–Trinajstić information content (AvgIpc) is 2.78. The van der Waals surface area contributed by atoms with Gasteiger partial charge >= 0.3 is 23.5 Å². The van der Waals surface area contributed by atoms with Crippen molar-refractivity contribution in [3.63, 3.8) is 0 Å². The summed E-state index contributed by atoms with van der Waals surface area (Å²) in [5.41, 5.74) is -2.53. The zero-order chi connectivity index (χ0) is 25.0. The van der Waals surface area contributed by atoms with Gasteiger partial charge in [-0.3, -0.25) is 0 Å². The van der Waals surface area contributed by atoms with Gasteiger partial charge in [0.15, 0.2) is 0 Å². The van der Waals surface area contributed by atoms with Crippen LogP contribution >= 0.6 is 0 Å². The molecule has 0 saturated carbocycles. The van der Waals surface area contributed by atoms with Crippen LogP contribution in [-0.4, -0.2) is 33.7 Å². The zero-order valence-electron chi connectivity index (χ0n) is 21.1. The summed E-state index contributed by atoms with van der Waals surface area (Å²) in [5.74, 6) is -3.57. The Balaban J connectivity index is 3.79. The van der Waals surface area contributed by atoms with Crippen molar-refractivity contribution in [1.29, 1.82) is 0 Å². The number of carbonyl (C=O) groups excluding carboxylic acids is 1. The monoisotopic (exact) mass is 468 g/mol. The third kappa shape index (κ3) is 14.8. The Bertz CT molecular complexity index is 543. The number of carboxylic acid groups (broad SMARTS) is 2. The second-order valence-electron chi connectivity index (χ2n) is 9.44. The van der Waals surface area contributed by atoms with Crippen molar-refractivity contribution in [2.45, 2.75) is 135 Å². The molecule has 1 atom stereocenters. The molecule has 0 aliphatic rings. The third-order valence-electron chi connectivity index (χ3n) is 6.41. The zero-order valence-corrected chi connectivity index (χ0v) is 21.1. The highest BCUT2D eigenvalue weighted by Crippen LogP contribution is 2.23. The van der Waals surface area contributed by atoms with Gasteiger partial charge in [-0.2, -0.15) is 0 Å². The predicted octanol–water partition coefficient (Wildman–Crippen LogP) is 7.30. The molecule has 6 nitrogen and oxygen atoms in total. The first-order valence-corrected chi connectivity index (χ1v) is 13.1. The van der Waals surface area contributed by atoms with E-state index in [1.807, 2.05) is 0 Å². The summed E-state index contributed by atoms with van der Waals surface area (Å²) in [6.07, 6.45) is 20.8. The molecule has 0 aromatic rings. The number of carbonyl (C=O) groups is 3. The van der Waals surface area contributed by atoms with Crippen LogP contribution in [0.3, 0.4) is 0 Å². The van der Waals surface area contributed by atoms with Gasteiger partial charge in [-0.05, 0) is 12.3 Å². The number of carboxylic acids is 2. The minimum atomic E-state index is -2.53. The first kappa shape index (κ1) is 31.1. The van der Waals surface area contributed by atoms with E-state index in [-0.39, 0.29) is 6.42 Å². The normalized spacial score (nSPS) is 12.3. The van der Waals surface area contributed by atoms with Gasteiger partial charge in [0.25, 0.3) is 0 Å². The van der Waals surface area contributed by atoms with Crippen molar-refractivity contribution in [2.75, 3.05) is 0 Å². The van der Waals surface area contributed by atoms with Gasteiger partial charge in [0.2, 0.25) is 0 Å². The molecule has 0 saturated heterocycles. The minimum Gasteiger partial charge on any atom is -0.478 e. The Morgan fingerprint density at radius 2 is 1.15 bits per heavy atom. The molecule has 0 fully saturated rings. The van der Waals surface area contributed by atoms with Crippen molar-refractivity contribution >= 4 is 17.9 Å². The summed E-state index contributed by atoms with van der Waals surface area (Å²) in [4.78, 5) is 34.3. The van der Waals surface area contributed by atoms with E-state index in [1.54, 1.807) is 0 Å². The fourth-order valence-electron chi connectivity index (χ4n) is 4.18. The summed E-state index contributed by atoms with van der Waals surface area (Å²) in [6.45, 7) is 7.81. The second kappa shape index (κ2) is 19.6. The number of aliphatic carboxylic acids is 2. The number of unbranched alkanes of at least 4 members (excludes halogenated alkanes) is 13. The van der Waals surface area contributed by atoms with Crippen LogP contribution in [0.2, 0.25) is 0 Å². The second-order valence-corrected chi connectivity index (χ2v) is 9.44. The molecular weight excluding hydrogens is 420 g/mol. The summed E-state index contributed by atoms with van der Waals surface area (Å²) >= 11 is 0. The van der Waals surface area contributed by atoms with Gasteiger partial charge in [0.1, 0.15) is 0 Å². The standard InChI is InChI=1S/C27H48O6/c1-4-6-7-8-9-11-14-17-20-23(3)21-18-15-12-10-13-16-19-22-27(25(29)30,26(31)32)33-24(28)5-2/h5,23H,2,4,6-22H2,1,3H3,(H,29,30)(H,31,32). The molecular formula is C27H48O6. The van der Waals surface area contributed by atoms with Crippen LogP contribution in [0.15, 0.2) is 12.7 Å². The Morgan fingerprint density at radius 3 is 1.55 bits per heavy atom. The van der Waals surface area contributed by atoms with E-state index in [1.165, 1.54) is 77.0 Å². The highest BCUT2D eigenvalue weighted by Gasteiger charge is 2.50. The van der Waals surface area contributed by atoms with E-state index in [0.29, 0.717) is 12.8 Å². The Kier molecular flexibility index (Phi) is 18.5. The van der Waals surface area contributed by atoms with Crippen LogP contribution < -0.4 is 0 Å². The Labute approximate surface area is 201 Å². The minimum absolute atomic E-state index is 0.243. The van der Waals surface area contributed by atoms with Crippen molar-refractivity contribution in [2.24, 2.45) is 5.92 Å². The predicted molar refractivity (Wildman–Crippen MR) is 132 cm³/mol. The average molecular weight is 469 g/mol. The number of rotatable bonds is 23. The van der Waals surface area contributed by atoms with Crippen molar-refractivity contribution in [3.05, 3.63) is 12.7 Å². The summed E-state index contributed by atoms with van der Waals surface area (Å²) in [7, 11) is 0. The first-order chi connectivity index (χ1) is 15.8. The van der Waals surface area contributed by atoms with Crippen molar-refractivity contribution in [3.8, 4) is 0 Å². The fraction of sp³-hybridized carbons (Fsp3) is 0.815. The van der Waals surface area contributed by atoms with Crippen LogP contribution in [0, 0.1) is 5.92 Å². The lowest BCUT2D eigenvalue weighted by atomic mass is 9.94. The van der Waals surface area contributed by atoms with Gasteiger partial charge in [0, 0.05) is 12.5 Å². The third-order valence-corrected chi connectivity index (χ3v) is 6.41. The van der Waals surface area contributed by atoms with E-state index >= 15 is 0 Å². The van der Waals surface area contributed by atoms with Gasteiger partial charge in [-0.25, -0.2) is 14.4 Å². The number of ether oxygens (including phenoxy) is 1. The maximum atomic E-state index is 11.5. The molecule has 0 aliphatic carbocycles. The van der Waals surface area contributed by atoms with Gasteiger partial charge in [-0.15, -0.1) is 0 Å². The van der Waals surface area contributed by atoms with Crippen LogP contribution in [-0.2, 0) is 19.1 Å². The lowest BCUT2D eigenvalue weighted by molar-refractivity contribution is -0.189. The number of hydrogen-bond donors (Lipinski definition) is 2. The fourth-order valence-corrected chi connectivity index (χ4v) is 4.18. The van der Waals surface area contributed by atoms with Crippen LogP contribution in [0.1, 0.15) is 129 Å². The molecule has 0 rings (SSSR count). The smallest absolute Gasteiger partial charge is 0.360 e. The highest BCUT2D eigenvalue weighted by atomic mass is 16.6.